The molecule has 0 saturated carbocycles. The summed E-state index contributed by atoms with van der Waals surface area (Å²) in [5, 5.41) is 3.07. The van der Waals surface area contributed by atoms with E-state index in [1.54, 1.807) is 13.1 Å². The van der Waals surface area contributed by atoms with Gasteiger partial charge < -0.3 is 0 Å². The molecular formula is C13H12N3O3Si. The monoisotopic (exact) mass is 286 g/mol. The van der Waals surface area contributed by atoms with Gasteiger partial charge in [0.05, 0.1) is 21.3 Å². The Morgan fingerprint density at radius 1 is 1.30 bits per heavy atom. The topological polar surface area (TPSA) is 73.1 Å². The largest absolute Gasteiger partial charge is 0.329 e. The molecule has 2 heterocycles. The SMILES string of the molecule is Cn1c(=O)n(C2CCC(=O)NC2=O)c2cccc([Si])c21. The van der Waals surface area contributed by atoms with Gasteiger partial charge in [-0.05, 0) is 17.7 Å². The second-order valence-electron chi connectivity index (χ2n) is 4.85. The molecule has 3 rings (SSSR count). The molecule has 1 aliphatic heterocycles. The Hall–Kier alpha value is -2.15. The van der Waals surface area contributed by atoms with Crippen molar-refractivity contribution in [2.45, 2.75) is 18.9 Å². The summed E-state index contributed by atoms with van der Waals surface area (Å²) in [4.78, 5) is 35.6. The normalized spacial score (nSPS) is 19.4. The highest BCUT2D eigenvalue weighted by molar-refractivity contribution is 6.38. The van der Waals surface area contributed by atoms with Crippen molar-refractivity contribution in [2.75, 3.05) is 0 Å². The van der Waals surface area contributed by atoms with Crippen molar-refractivity contribution in [1.82, 2.24) is 14.5 Å². The van der Waals surface area contributed by atoms with Crippen LogP contribution < -0.4 is 16.2 Å². The molecule has 0 aliphatic carbocycles. The molecule has 2 aromatic rings. The number of rotatable bonds is 1. The zero-order chi connectivity index (χ0) is 14.4. The molecule has 1 atom stereocenters. The number of nitrogens with one attached hydrogen (secondary N) is 1. The predicted molar refractivity (Wildman–Crippen MR) is 74.0 cm³/mol. The number of imidazole rings is 1. The fraction of sp³-hybridized carbons (Fsp3) is 0.308. The van der Waals surface area contributed by atoms with Gasteiger partial charge >= 0.3 is 5.69 Å². The zero-order valence-corrected chi connectivity index (χ0v) is 11.8. The molecule has 1 aromatic heterocycles. The van der Waals surface area contributed by atoms with Crippen LogP contribution in [0.1, 0.15) is 18.9 Å². The number of hydrogen-bond acceptors (Lipinski definition) is 3. The zero-order valence-electron chi connectivity index (χ0n) is 10.8. The molecule has 7 heteroatoms. The number of para-hydroxylation sites is 1. The van der Waals surface area contributed by atoms with E-state index >= 15 is 0 Å². The molecule has 1 aliphatic rings. The van der Waals surface area contributed by atoms with Crippen molar-refractivity contribution in [2.24, 2.45) is 7.05 Å². The molecule has 1 saturated heterocycles. The second kappa shape index (κ2) is 4.45. The Morgan fingerprint density at radius 3 is 2.75 bits per heavy atom. The number of imide groups is 1. The fourth-order valence-corrected chi connectivity index (χ4v) is 3.06. The van der Waals surface area contributed by atoms with Gasteiger partial charge in [0.1, 0.15) is 6.04 Å². The molecule has 3 radical (unpaired) electrons. The van der Waals surface area contributed by atoms with Gasteiger partial charge in [-0.25, -0.2) is 4.79 Å². The molecule has 6 nitrogen and oxygen atoms in total. The number of carbonyl (C=O) groups is 2. The Balaban J connectivity index is 2.25. The molecule has 101 valence electrons. The lowest BCUT2D eigenvalue weighted by molar-refractivity contribution is -0.135. The summed E-state index contributed by atoms with van der Waals surface area (Å²) in [6.07, 6.45) is 0.586. The average molecular weight is 286 g/mol. The van der Waals surface area contributed by atoms with E-state index in [9.17, 15) is 14.4 Å². The minimum atomic E-state index is -0.641. The van der Waals surface area contributed by atoms with E-state index in [1.165, 1.54) is 9.13 Å². The number of piperidine rings is 1. The molecule has 1 fully saturated rings. The van der Waals surface area contributed by atoms with Gasteiger partial charge in [-0.3, -0.25) is 24.0 Å². The van der Waals surface area contributed by atoms with E-state index in [2.05, 4.69) is 15.6 Å². The Kier molecular flexibility index (Phi) is 2.86. The van der Waals surface area contributed by atoms with Crippen molar-refractivity contribution >= 4 is 38.3 Å². The van der Waals surface area contributed by atoms with Crippen molar-refractivity contribution < 1.29 is 9.59 Å². The Labute approximate surface area is 117 Å². The fourth-order valence-electron chi connectivity index (χ4n) is 2.67. The maximum absolute atomic E-state index is 12.4. The van der Waals surface area contributed by atoms with Crippen LogP contribution in [0, 0.1) is 0 Å². The van der Waals surface area contributed by atoms with Gasteiger partial charge in [0.25, 0.3) is 0 Å². The molecule has 1 N–H and O–H groups in total. The summed E-state index contributed by atoms with van der Waals surface area (Å²) in [6.45, 7) is 0. The number of hydrogen-bond donors (Lipinski definition) is 1. The highest BCUT2D eigenvalue weighted by atomic mass is 28.1. The number of fused-ring (bicyclic) bond motifs is 1. The summed E-state index contributed by atoms with van der Waals surface area (Å²) in [7, 11) is 5.13. The lowest BCUT2D eigenvalue weighted by Gasteiger charge is -2.21. The molecule has 1 aromatic carbocycles. The summed E-state index contributed by atoms with van der Waals surface area (Å²) in [5.74, 6) is -0.712. The van der Waals surface area contributed by atoms with E-state index in [4.69, 9.17) is 0 Å². The number of amides is 2. The first-order valence-electron chi connectivity index (χ1n) is 6.26. The van der Waals surface area contributed by atoms with Crippen LogP contribution in [-0.2, 0) is 16.6 Å². The Bertz CT molecular complexity index is 790. The number of benzene rings is 1. The maximum Gasteiger partial charge on any atom is 0.329 e. The van der Waals surface area contributed by atoms with Crippen LogP contribution in [0.25, 0.3) is 11.0 Å². The van der Waals surface area contributed by atoms with Gasteiger partial charge in [-0.2, -0.15) is 0 Å². The first-order valence-corrected chi connectivity index (χ1v) is 6.76. The van der Waals surface area contributed by atoms with Crippen molar-refractivity contribution in [3.05, 3.63) is 28.7 Å². The van der Waals surface area contributed by atoms with Crippen molar-refractivity contribution in [1.29, 1.82) is 0 Å². The summed E-state index contributed by atoms with van der Waals surface area (Å²) in [5.41, 5.74) is 1.15. The van der Waals surface area contributed by atoms with E-state index in [1.807, 2.05) is 12.1 Å². The summed E-state index contributed by atoms with van der Waals surface area (Å²) < 4.78 is 2.96. The smallest absolute Gasteiger partial charge is 0.295 e. The first-order chi connectivity index (χ1) is 9.50. The van der Waals surface area contributed by atoms with Crippen LogP contribution in [-0.4, -0.2) is 31.2 Å². The van der Waals surface area contributed by atoms with Gasteiger partial charge in [0.15, 0.2) is 0 Å². The summed E-state index contributed by atoms with van der Waals surface area (Å²) in [6, 6.07) is 4.81. The van der Waals surface area contributed by atoms with Crippen LogP contribution in [0.3, 0.4) is 0 Å². The van der Waals surface area contributed by atoms with Gasteiger partial charge in [0, 0.05) is 13.5 Å². The van der Waals surface area contributed by atoms with Crippen LogP contribution in [0.2, 0.25) is 0 Å². The molecule has 0 bridgehead atoms. The summed E-state index contributed by atoms with van der Waals surface area (Å²) >= 11 is 0. The second-order valence-corrected chi connectivity index (χ2v) is 5.39. The lowest BCUT2D eigenvalue weighted by Crippen LogP contribution is -2.44. The van der Waals surface area contributed by atoms with E-state index in [0.717, 1.165) is 10.7 Å². The first kappa shape index (κ1) is 12.9. The van der Waals surface area contributed by atoms with Gasteiger partial charge in [0.2, 0.25) is 11.8 Å². The number of aromatic nitrogens is 2. The third kappa shape index (κ3) is 1.74. The quantitative estimate of drug-likeness (QED) is 0.546. The minimum Gasteiger partial charge on any atom is -0.295 e. The van der Waals surface area contributed by atoms with Crippen LogP contribution >= 0.6 is 0 Å². The van der Waals surface area contributed by atoms with Gasteiger partial charge in [-0.15, -0.1) is 0 Å². The van der Waals surface area contributed by atoms with Crippen molar-refractivity contribution in [3.63, 3.8) is 0 Å². The molecular weight excluding hydrogens is 274 g/mol. The van der Waals surface area contributed by atoms with Crippen LogP contribution in [0.4, 0.5) is 0 Å². The number of nitrogens with zero attached hydrogens (tertiary/aromatic N) is 2. The predicted octanol–water partition coefficient (Wildman–Crippen LogP) is -0.888. The number of aryl methyl sites for hydroxylation is 1. The van der Waals surface area contributed by atoms with Crippen molar-refractivity contribution in [3.8, 4) is 0 Å². The lowest BCUT2D eigenvalue weighted by atomic mass is 10.1. The molecule has 0 spiro atoms. The Morgan fingerprint density at radius 2 is 2.05 bits per heavy atom. The standard InChI is InChI=1S/C13H12N3O3Si/c1-15-11-7(3-2-4-9(11)20)16(13(15)19)8-5-6-10(17)14-12(8)18/h2-4,8H,5-6H2,1H3,(H,14,17,18). The van der Waals surface area contributed by atoms with Gasteiger partial charge in [-0.1, -0.05) is 12.1 Å². The third-order valence-electron chi connectivity index (χ3n) is 3.62. The molecule has 1 unspecified atom stereocenters. The van der Waals surface area contributed by atoms with E-state index < -0.39 is 11.9 Å². The minimum absolute atomic E-state index is 0.243. The third-order valence-corrected chi connectivity index (χ3v) is 4.03. The molecule has 20 heavy (non-hydrogen) atoms. The highest BCUT2D eigenvalue weighted by Gasteiger charge is 2.31. The van der Waals surface area contributed by atoms with Crippen LogP contribution in [0.15, 0.2) is 23.0 Å². The van der Waals surface area contributed by atoms with E-state index in [-0.39, 0.29) is 18.0 Å². The average Bonchev–Trinajstić information content (AvgIpc) is 2.64. The molecule has 2 amide bonds. The van der Waals surface area contributed by atoms with Crippen LogP contribution in [0.5, 0.6) is 0 Å². The van der Waals surface area contributed by atoms with E-state index in [0.29, 0.717) is 11.9 Å². The number of carbonyl (C=O) groups excluding carboxylic acids is 2. The maximum atomic E-state index is 12.4. The highest BCUT2D eigenvalue weighted by Crippen LogP contribution is 2.21.